The van der Waals surface area contributed by atoms with Crippen LogP contribution >= 0.6 is 11.8 Å². The van der Waals surface area contributed by atoms with Gasteiger partial charge in [-0.15, -0.1) is 0 Å². The van der Waals surface area contributed by atoms with E-state index < -0.39 is 23.6 Å². The average molecular weight is 535 g/mol. The standard InChI is InChI=1S/C28H26N2O7S/c1-3-4-15-36-27(33)19-7-5-18(6-8-19)23-14-13-22(37-23)16-24-26(32)30(28(34)38-24)17-25(31)29-20-9-11-21(35-2)12-10-20/h5-14,16H,3-4,15,17H2,1-2H3,(H,29,31)/b24-16+. The third-order valence-corrected chi connectivity index (χ3v) is 6.49. The van der Waals surface area contributed by atoms with Crippen molar-refractivity contribution in [2.45, 2.75) is 19.8 Å². The molecule has 38 heavy (non-hydrogen) atoms. The van der Waals surface area contributed by atoms with E-state index in [2.05, 4.69) is 5.32 Å². The van der Waals surface area contributed by atoms with Gasteiger partial charge >= 0.3 is 5.97 Å². The van der Waals surface area contributed by atoms with Crippen LogP contribution in [-0.2, 0) is 14.3 Å². The van der Waals surface area contributed by atoms with Crippen molar-refractivity contribution in [3.05, 3.63) is 76.9 Å². The molecule has 0 bridgehead atoms. The maximum absolute atomic E-state index is 12.8. The van der Waals surface area contributed by atoms with Crippen molar-refractivity contribution in [3.8, 4) is 17.1 Å². The molecule has 9 nitrogen and oxygen atoms in total. The Morgan fingerprint density at radius 3 is 2.45 bits per heavy atom. The Balaban J connectivity index is 1.37. The van der Waals surface area contributed by atoms with E-state index in [0.717, 1.165) is 35.1 Å². The van der Waals surface area contributed by atoms with Crippen LogP contribution in [0.3, 0.4) is 0 Å². The van der Waals surface area contributed by atoms with Crippen LogP contribution in [0, 0.1) is 0 Å². The van der Waals surface area contributed by atoms with Crippen LogP contribution in [-0.4, -0.2) is 48.2 Å². The van der Waals surface area contributed by atoms with Crippen molar-refractivity contribution >= 4 is 46.5 Å². The van der Waals surface area contributed by atoms with Gasteiger partial charge in [-0.3, -0.25) is 19.3 Å². The molecule has 10 heteroatoms. The highest BCUT2D eigenvalue weighted by Crippen LogP contribution is 2.33. The fraction of sp³-hybridized carbons (Fsp3) is 0.214. The summed E-state index contributed by atoms with van der Waals surface area (Å²) in [6.07, 6.45) is 3.23. The van der Waals surface area contributed by atoms with Gasteiger partial charge in [0, 0.05) is 17.3 Å². The van der Waals surface area contributed by atoms with E-state index in [0.29, 0.717) is 35.1 Å². The van der Waals surface area contributed by atoms with Crippen molar-refractivity contribution in [1.29, 1.82) is 0 Å². The number of unbranched alkanes of at least 4 members (excludes halogenated alkanes) is 1. The lowest BCUT2D eigenvalue weighted by Gasteiger charge is -2.12. The molecule has 1 aliphatic heterocycles. The number of nitrogens with zero attached hydrogens (tertiary/aromatic N) is 1. The van der Waals surface area contributed by atoms with Gasteiger partial charge in [0.25, 0.3) is 11.1 Å². The summed E-state index contributed by atoms with van der Waals surface area (Å²) in [6, 6.07) is 16.9. The van der Waals surface area contributed by atoms with Crippen LogP contribution in [0.4, 0.5) is 10.5 Å². The van der Waals surface area contributed by atoms with Gasteiger partial charge in [0.2, 0.25) is 5.91 Å². The second kappa shape index (κ2) is 12.3. The Hall–Kier alpha value is -4.31. The summed E-state index contributed by atoms with van der Waals surface area (Å²) in [6.45, 7) is 2.00. The molecule has 2 aromatic carbocycles. The van der Waals surface area contributed by atoms with Crippen molar-refractivity contribution in [1.82, 2.24) is 4.90 Å². The highest BCUT2D eigenvalue weighted by Gasteiger charge is 2.36. The van der Waals surface area contributed by atoms with E-state index in [1.54, 1.807) is 60.7 Å². The molecule has 1 fully saturated rings. The lowest BCUT2D eigenvalue weighted by atomic mass is 10.1. The fourth-order valence-corrected chi connectivity index (χ4v) is 4.35. The van der Waals surface area contributed by atoms with E-state index in [1.807, 2.05) is 6.92 Å². The largest absolute Gasteiger partial charge is 0.497 e. The molecule has 2 heterocycles. The summed E-state index contributed by atoms with van der Waals surface area (Å²) in [5.74, 6) is 0.0835. The molecule has 1 saturated heterocycles. The lowest BCUT2D eigenvalue weighted by molar-refractivity contribution is -0.127. The third kappa shape index (κ3) is 6.51. The first kappa shape index (κ1) is 26.7. The predicted octanol–water partition coefficient (Wildman–Crippen LogP) is 5.59. The van der Waals surface area contributed by atoms with Gasteiger partial charge in [-0.2, -0.15) is 0 Å². The number of benzene rings is 2. The quantitative estimate of drug-likeness (QED) is 0.203. The Labute approximate surface area is 223 Å². The number of hydrogen-bond acceptors (Lipinski definition) is 8. The molecule has 0 saturated carbocycles. The number of nitrogens with one attached hydrogen (secondary N) is 1. The number of hydrogen-bond donors (Lipinski definition) is 1. The molecule has 0 spiro atoms. The first-order valence-electron chi connectivity index (χ1n) is 11.9. The summed E-state index contributed by atoms with van der Waals surface area (Å²) in [5, 5.41) is 2.11. The first-order chi connectivity index (χ1) is 18.4. The van der Waals surface area contributed by atoms with Gasteiger partial charge in [-0.05, 0) is 66.7 Å². The van der Waals surface area contributed by atoms with Gasteiger partial charge in [0.1, 0.15) is 23.8 Å². The topological polar surface area (TPSA) is 115 Å². The number of methoxy groups -OCH3 is 1. The minimum absolute atomic E-state index is 0.151. The van der Waals surface area contributed by atoms with Crippen molar-refractivity contribution in [2.24, 2.45) is 0 Å². The van der Waals surface area contributed by atoms with Crippen molar-refractivity contribution < 1.29 is 33.1 Å². The zero-order valence-corrected chi connectivity index (χ0v) is 21.7. The summed E-state index contributed by atoms with van der Waals surface area (Å²) >= 11 is 0.739. The fourth-order valence-electron chi connectivity index (χ4n) is 3.53. The SMILES string of the molecule is CCCCOC(=O)c1ccc(-c2ccc(/C=C3/SC(=O)N(CC(=O)Nc4ccc(OC)cc4)C3=O)o2)cc1. The van der Waals surface area contributed by atoms with Crippen LogP contribution < -0.4 is 10.1 Å². The number of amides is 3. The van der Waals surface area contributed by atoms with Gasteiger partial charge in [0.05, 0.1) is 24.2 Å². The molecule has 0 atom stereocenters. The number of carbonyl (C=O) groups is 4. The first-order valence-corrected chi connectivity index (χ1v) is 12.8. The van der Waals surface area contributed by atoms with Crippen LogP contribution in [0.2, 0.25) is 0 Å². The number of thioether (sulfide) groups is 1. The van der Waals surface area contributed by atoms with E-state index in [4.69, 9.17) is 13.9 Å². The molecule has 1 aromatic heterocycles. The molecule has 0 aliphatic carbocycles. The molecule has 0 radical (unpaired) electrons. The Bertz CT molecular complexity index is 1360. The Kier molecular flexibility index (Phi) is 8.65. The summed E-state index contributed by atoms with van der Waals surface area (Å²) < 4.78 is 16.1. The number of furan rings is 1. The minimum atomic E-state index is -0.575. The van der Waals surface area contributed by atoms with Gasteiger partial charge in [-0.25, -0.2) is 4.79 Å². The maximum atomic E-state index is 12.8. The molecule has 196 valence electrons. The van der Waals surface area contributed by atoms with E-state index in [9.17, 15) is 19.2 Å². The number of anilines is 1. The van der Waals surface area contributed by atoms with Crippen LogP contribution in [0.1, 0.15) is 35.9 Å². The summed E-state index contributed by atoms with van der Waals surface area (Å²) in [5.41, 5.74) is 1.70. The number of esters is 1. The molecule has 1 aliphatic rings. The molecule has 4 rings (SSSR count). The van der Waals surface area contributed by atoms with Crippen molar-refractivity contribution in [3.63, 3.8) is 0 Å². The van der Waals surface area contributed by atoms with Crippen molar-refractivity contribution in [2.75, 3.05) is 25.6 Å². The molecule has 3 aromatic rings. The summed E-state index contributed by atoms with van der Waals surface area (Å²) in [4.78, 5) is 50.7. The molecule has 0 unspecified atom stereocenters. The molecule has 3 amide bonds. The second-order valence-electron chi connectivity index (χ2n) is 8.31. The molecule has 1 N–H and O–H groups in total. The smallest absolute Gasteiger partial charge is 0.338 e. The number of carbonyl (C=O) groups excluding carboxylic acids is 4. The summed E-state index contributed by atoms with van der Waals surface area (Å²) in [7, 11) is 1.54. The Morgan fingerprint density at radius 1 is 1.03 bits per heavy atom. The van der Waals surface area contributed by atoms with E-state index in [-0.39, 0.29) is 10.9 Å². The average Bonchev–Trinajstić information content (AvgIpc) is 3.49. The molecular weight excluding hydrogens is 508 g/mol. The van der Waals surface area contributed by atoms with Crippen LogP contribution in [0.5, 0.6) is 5.75 Å². The van der Waals surface area contributed by atoms with Crippen LogP contribution in [0.15, 0.2) is 70.0 Å². The lowest BCUT2D eigenvalue weighted by Crippen LogP contribution is -2.36. The highest BCUT2D eigenvalue weighted by atomic mass is 32.2. The normalized spacial score (nSPS) is 14.2. The van der Waals surface area contributed by atoms with Gasteiger partial charge < -0.3 is 19.2 Å². The predicted molar refractivity (Wildman–Crippen MR) is 144 cm³/mol. The zero-order valence-electron chi connectivity index (χ0n) is 20.9. The third-order valence-electron chi connectivity index (χ3n) is 5.59. The second-order valence-corrected chi connectivity index (χ2v) is 9.31. The van der Waals surface area contributed by atoms with E-state index >= 15 is 0 Å². The Morgan fingerprint density at radius 2 is 1.76 bits per heavy atom. The van der Waals surface area contributed by atoms with E-state index in [1.165, 1.54) is 13.2 Å². The highest BCUT2D eigenvalue weighted by molar-refractivity contribution is 8.18. The van der Waals surface area contributed by atoms with Gasteiger partial charge in [-0.1, -0.05) is 25.5 Å². The number of imide groups is 1. The number of ether oxygens (including phenoxy) is 2. The van der Waals surface area contributed by atoms with Crippen LogP contribution in [0.25, 0.3) is 17.4 Å². The monoisotopic (exact) mass is 534 g/mol. The minimum Gasteiger partial charge on any atom is -0.497 e. The number of rotatable bonds is 10. The molecular formula is C28H26N2O7S. The zero-order chi connectivity index (χ0) is 27.1. The maximum Gasteiger partial charge on any atom is 0.338 e. The van der Waals surface area contributed by atoms with Gasteiger partial charge in [0.15, 0.2) is 0 Å².